The van der Waals surface area contributed by atoms with Crippen molar-refractivity contribution >= 4 is 29.0 Å². The summed E-state index contributed by atoms with van der Waals surface area (Å²) < 4.78 is 0. The highest BCUT2D eigenvalue weighted by atomic mass is 32.1. The number of nitrogens with zero attached hydrogens (tertiary/aromatic N) is 1. The van der Waals surface area contributed by atoms with Crippen molar-refractivity contribution in [2.75, 3.05) is 11.4 Å². The van der Waals surface area contributed by atoms with Crippen molar-refractivity contribution in [2.45, 2.75) is 31.3 Å². The van der Waals surface area contributed by atoms with Crippen LogP contribution in [0.25, 0.3) is 6.08 Å². The fourth-order valence-electron chi connectivity index (χ4n) is 3.91. The van der Waals surface area contributed by atoms with Gasteiger partial charge in [-0.1, -0.05) is 38.1 Å². The van der Waals surface area contributed by atoms with E-state index >= 15 is 0 Å². The topological polar surface area (TPSA) is 32.3 Å². The molecule has 1 aromatic carbocycles. The van der Waals surface area contributed by atoms with Gasteiger partial charge in [-0.15, -0.1) is 11.3 Å². The number of nitrogens with one attached hydrogen (secondary N) is 1. The lowest BCUT2D eigenvalue weighted by molar-refractivity contribution is -0.124. The lowest BCUT2D eigenvalue weighted by Gasteiger charge is -2.49. The molecule has 0 unspecified atom stereocenters. The normalized spacial score (nSPS) is 25.3. The van der Waals surface area contributed by atoms with Crippen molar-refractivity contribution in [3.63, 3.8) is 0 Å². The number of carbonyl (C=O) groups is 1. The summed E-state index contributed by atoms with van der Waals surface area (Å²) >= 11 is 1.71. The summed E-state index contributed by atoms with van der Waals surface area (Å²) in [4.78, 5) is 15.8. The molecule has 1 amide bonds. The molecule has 4 rings (SSSR count). The first-order valence-electron chi connectivity index (χ1n) is 7.95. The minimum absolute atomic E-state index is 0.123. The van der Waals surface area contributed by atoms with Crippen LogP contribution in [0.2, 0.25) is 0 Å². The largest absolute Gasteiger partial charge is 0.344 e. The van der Waals surface area contributed by atoms with Crippen LogP contribution in [-0.4, -0.2) is 18.1 Å². The fraction of sp³-hybridized carbons (Fsp3) is 0.316. The lowest BCUT2D eigenvalue weighted by Crippen LogP contribution is -2.68. The van der Waals surface area contributed by atoms with Gasteiger partial charge < -0.3 is 10.2 Å². The molecule has 3 heterocycles. The van der Waals surface area contributed by atoms with Crippen LogP contribution in [0.3, 0.4) is 0 Å². The first-order chi connectivity index (χ1) is 11.0. The maximum absolute atomic E-state index is 12.2. The molecule has 1 saturated heterocycles. The monoisotopic (exact) mass is 324 g/mol. The minimum atomic E-state index is -0.504. The molecule has 0 aliphatic carbocycles. The van der Waals surface area contributed by atoms with Gasteiger partial charge in [0.25, 0.3) is 0 Å². The Labute approximate surface area is 140 Å². The van der Waals surface area contributed by atoms with Gasteiger partial charge in [-0.3, -0.25) is 4.79 Å². The molecule has 3 nitrogen and oxygen atoms in total. The van der Waals surface area contributed by atoms with Crippen LogP contribution in [0.5, 0.6) is 0 Å². The summed E-state index contributed by atoms with van der Waals surface area (Å²) in [6, 6.07) is 12.6. The number of hydrogen-bond donors (Lipinski definition) is 1. The van der Waals surface area contributed by atoms with E-state index in [1.54, 1.807) is 11.3 Å². The Morgan fingerprint density at radius 2 is 2.04 bits per heavy atom. The van der Waals surface area contributed by atoms with Crippen LogP contribution in [0, 0.1) is 0 Å². The number of fused-ring (bicyclic) bond motifs is 3. The lowest BCUT2D eigenvalue weighted by atomic mass is 9.74. The fourth-order valence-corrected chi connectivity index (χ4v) is 4.53. The summed E-state index contributed by atoms with van der Waals surface area (Å²) in [7, 11) is 0. The number of anilines is 1. The summed E-state index contributed by atoms with van der Waals surface area (Å²) in [5, 5.41) is 5.37. The zero-order chi connectivity index (χ0) is 16.1. The minimum Gasteiger partial charge on any atom is -0.344 e. The molecule has 0 bridgehead atoms. The van der Waals surface area contributed by atoms with Crippen molar-refractivity contribution in [2.24, 2.45) is 0 Å². The average molecular weight is 324 g/mol. The van der Waals surface area contributed by atoms with Gasteiger partial charge in [-0.25, -0.2) is 0 Å². The first kappa shape index (κ1) is 14.5. The number of carbonyl (C=O) groups excluding carboxylic acids is 1. The third kappa shape index (κ3) is 1.98. The number of para-hydroxylation sites is 1. The molecule has 1 aromatic heterocycles. The molecule has 0 saturated carbocycles. The van der Waals surface area contributed by atoms with Gasteiger partial charge in [0.2, 0.25) is 5.91 Å². The zero-order valence-electron chi connectivity index (χ0n) is 13.4. The Bertz CT molecular complexity index is 778. The van der Waals surface area contributed by atoms with E-state index in [2.05, 4.69) is 71.9 Å². The Hall–Kier alpha value is -2.07. The highest BCUT2D eigenvalue weighted by molar-refractivity contribution is 7.10. The Balaban J connectivity index is 1.87. The van der Waals surface area contributed by atoms with Gasteiger partial charge in [0, 0.05) is 28.9 Å². The molecule has 4 heteroatoms. The number of benzene rings is 1. The predicted octanol–water partition coefficient (Wildman–Crippen LogP) is 3.78. The van der Waals surface area contributed by atoms with Crippen LogP contribution in [0.1, 0.15) is 30.7 Å². The van der Waals surface area contributed by atoms with Gasteiger partial charge >= 0.3 is 0 Å². The van der Waals surface area contributed by atoms with Crippen molar-refractivity contribution in [3.8, 4) is 0 Å². The number of rotatable bonds is 2. The molecule has 2 aromatic rings. The average Bonchev–Trinajstić information content (AvgIpc) is 3.11. The molecule has 1 atom stereocenters. The molecule has 23 heavy (non-hydrogen) atoms. The van der Waals surface area contributed by atoms with E-state index in [1.807, 2.05) is 6.07 Å². The first-order valence-corrected chi connectivity index (χ1v) is 8.83. The number of thiophene rings is 1. The van der Waals surface area contributed by atoms with E-state index in [4.69, 9.17) is 0 Å². The third-order valence-corrected chi connectivity index (χ3v) is 6.01. The highest BCUT2D eigenvalue weighted by Gasteiger charge is 2.57. The van der Waals surface area contributed by atoms with Crippen LogP contribution >= 0.6 is 11.3 Å². The Morgan fingerprint density at radius 1 is 1.22 bits per heavy atom. The molecule has 0 spiro atoms. The molecule has 118 valence electrons. The number of hydrogen-bond acceptors (Lipinski definition) is 3. The summed E-state index contributed by atoms with van der Waals surface area (Å²) in [5.41, 5.74) is 1.81. The SMILES string of the molecule is CC1(C)c2ccccc2N2CCC(=O)N[C@]21/C=C/c1cccs1. The quantitative estimate of drug-likeness (QED) is 0.912. The van der Waals surface area contributed by atoms with Crippen molar-refractivity contribution < 1.29 is 4.79 Å². The van der Waals surface area contributed by atoms with Crippen LogP contribution in [-0.2, 0) is 10.2 Å². The van der Waals surface area contributed by atoms with Gasteiger partial charge in [0.1, 0.15) is 5.66 Å². The molecule has 2 aliphatic rings. The standard InChI is InChI=1S/C19H20N2OS/c1-18(2)15-7-3-4-8-16(15)21-12-10-17(22)20-19(18,21)11-9-14-6-5-13-23-14/h3-9,11,13H,10,12H2,1-2H3,(H,20,22)/b11-9+/t19-/m1/s1. The van der Waals surface area contributed by atoms with Gasteiger partial charge in [-0.2, -0.15) is 0 Å². The second-order valence-electron chi connectivity index (χ2n) is 6.71. The van der Waals surface area contributed by atoms with E-state index in [1.165, 1.54) is 16.1 Å². The van der Waals surface area contributed by atoms with E-state index in [0.29, 0.717) is 6.42 Å². The maximum Gasteiger partial charge on any atom is 0.223 e. The van der Waals surface area contributed by atoms with E-state index < -0.39 is 5.66 Å². The molecular formula is C19H20N2OS. The van der Waals surface area contributed by atoms with Gasteiger partial charge in [0.15, 0.2) is 0 Å². The van der Waals surface area contributed by atoms with Crippen molar-refractivity contribution in [3.05, 3.63) is 58.3 Å². The second kappa shape index (κ2) is 4.96. The maximum atomic E-state index is 12.2. The summed E-state index contributed by atoms with van der Waals surface area (Å²) in [5.74, 6) is 0.123. The Kier molecular flexibility index (Phi) is 3.13. The second-order valence-corrected chi connectivity index (χ2v) is 7.69. The van der Waals surface area contributed by atoms with Crippen molar-refractivity contribution in [1.29, 1.82) is 0 Å². The Morgan fingerprint density at radius 3 is 2.83 bits per heavy atom. The summed E-state index contributed by atoms with van der Waals surface area (Å²) in [6.07, 6.45) is 4.85. The molecule has 2 aliphatic heterocycles. The molecule has 1 fully saturated rings. The van der Waals surface area contributed by atoms with E-state index in [-0.39, 0.29) is 11.3 Å². The summed E-state index contributed by atoms with van der Waals surface area (Å²) in [6.45, 7) is 5.19. The van der Waals surface area contributed by atoms with Crippen LogP contribution in [0.15, 0.2) is 47.9 Å². The van der Waals surface area contributed by atoms with Gasteiger partial charge in [0.05, 0.1) is 0 Å². The van der Waals surface area contributed by atoms with Crippen LogP contribution < -0.4 is 10.2 Å². The highest BCUT2D eigenvalue weighted by Crippen LogP contribution is 2.52. The van der Waals surface area contributed by atoms with Crippen molar-refractivity contribution in [1.82, 2.24) is 5.32 Å². The number of amides is 1. The van der Waals surface area contributed by atoms with E-state index in [0.717, 1.165) is 6.54 Å². The van der Waals surface area contributed by atoms with Gasteiger partial charge in [-0.05, 0) is 35.2 Å². The molecule has 0 radical (unpaired) electrons. The van der Waals surface area contributed by atoms with E-state index in [9.17, 15) is 4.79 Å². The molecule has 1 N–H and O–H groups in total. The zero-order valence-corrected chi connectivity index (χ0v) is 14.2. The predicted molar refractivity (Wildman–Crippen MR) is 95.7 cm³/mol. The third-order valence-electron chi connectivity index (χ3n) is 5.17. The molecular weight excluding hydrogens is 304 g/mol. The van der Waals surface area contributed by atoms with Crippen LogP contribution in [0.4, 0.5) is 5.69 Å². The smallest absolute Gasteiger partial charge is 0.223 e.